The summed E-state index contributed by atoms with van der Waals surface area (Å²) in [6, 6.07) is 8.49. The maximum Gasteiger partial charge on any atom is 0.143 e. The van der Waals surface area contributed by atoms with E-state index < -0.39 is 0 Å². The Hall–Kier alpha value is -2.40. The van der Waals surface area contributed by atoms with E-state index in [1.807, 2.05) is 18.4 Å². The predicted octanol–water partition coefficient (Wildman–Crippen LogP) is 4.49. The highest BCUT2D eigenvalue weighted by molar-refractivity contribution is 7.13. The predicted molar refractivity (Wildman–Crippen MR) is 94.5 cm³/mol. The number of methoxy groups -OCH3 is 1. The standard InChI is InChI=1S/C18H17N3OS/c1-4-12-5-6-15-13(7-12)16(22-3)8-17-20-14(9-21(15)17)18-19-11(2)10-23-18/h5-10H,4H2,1-3H3. The summed E-state index contributed by atoms with van der Waals surface area (Å²) in [5, 5.41) is 4.10. The first-order valence-electron chi connectivity index (χ1n) is 7.61. The van der Waals surface area contributed by atoms with Crippen molar-refractivity contribution in [3.63, 3.8) is 0 Å². The van der Waals surface area contributed by atoms with Crippen LogP contribution in [0.1, 0.15) is 18.2 Å². The van der Waals surface area contributed by atoms with E-state index in [4.69, 9.17) is 9.72 Å². The minimum Gasteiger partial charge on any atom is -0.496 e. The van der Waals surface area contributed by atoms with Crippen LogP contribution >= 0.6 is 11.3 Å². The zero-order chi connectivity index (χ0) is 16.0. The lowest BCUT2D eigenvalue weighted by Gasteiger charge is -2.09. The fourth-order valence-corrected chi connectivity index (χ4v) is 3.59. The second-order valence-corrected chi connectivity index (χ2v) is 6.42. The Morgan fingerprint density at radius 2 is 2.09 bits per heavy atom. The quantitative estimate of drug-likeness (QED) is 0.557. The van der Waals surface area contributed by atoms with Crippen molar-refractivity contribution in [2.45, 2.75) is 20.3 Å². The van der Waals surface area contributed by atoms with Crippen LogP contribution in [-0.2, 0) is 6.42 Å². The van der Waals surface area contributed by atoms with Crippen molar-refractivity contribution in [1.82, 2.24) is 14.4 Å². The molecule has 0 amide bonds. The smallest absolute Gasteiger partial charge is 0.143 e. The molecule has 0 spiro atoms. The highest BCUT2D eigenvalue weighted by Gasteiger charge is 2.13. The van der Waals surface area contributed by atoms with Gasteiger partial charge in [0.05, 0.1) is 12.6 Å². The molecule has 4 rings (SSSR count). The van der Waals surface area contributed by atoms with Crippen molar-refractivity contribution in [3.8, 4) is 16.5 Å². The number of imidazole rings is 1. The van der Waals surface area contributed by atoms with E-state index in [-0.39, 0.29) is 0 Å². The van der Waals surface area contributed by atoms with Gasteiger partial charge in [0.1, 0.15) is 22.1 Å². The van der Waals surface area contributed by atoms with E-state index in [1.54, 1.807) is 18.4 Å². The molecule has 0 saturated heterocycles. The number of thiazole rings is 1. The van der Waals surface area contributed by atoms with E-state index in [2.05, 4.69) is 40.7 Å². The SMILES string of the molecule is CCc1ccc2c(c1)c(OC)cc1nc(-c3nc(C)cs3)cn12. The van der Waals surface area contributed by atoms with E-state index in [1.165, 1.54) is 5.56 Å². The minimum atomic E-state index is 0.857. The highest BCUT2D eigenvalue weighted by atomic mass is 32.1. The first kappa shape index (κ1) is 14.2. The molecule has 4 nitrogen and oxygen atoms in total. The molecule has 0 aliphatic carbocycles. The molecule has 0 radical (unpaired) electrons. The molecule has 5 heteroatoms. The molecular formula is C18H17N3OS. The Morgan fingerprint density at radius 3 is 2.78 bits per heavy atom. The molecule has 0 aliphatic rings. The second kappa shape index (κ2) is 5.35. The Bertz CT molecular complexity index is 1020. The van der Waals surface area contributed by atoms with Crippen LogP contribution in [0.4, 0.5) is 0 Å². The van der Waals surface area contributed by atoms with Gasteiger partial charge in [-0.2, -0.15) is 0 Å². The van der Waals surface area contributed by atoms with Gasteiger partial charge in [0.25, 0.3) is 0 Å². The lowest BCUT2D eigenvalue weighted by atomic mass is 10.1. The molecule has 4 aromatic rings. The van der Waals surface area contributed by atoms with E-state index in [0.29, 0.717) is 0 Å². The van der Waals surface area contributed by atoms with Crippen molar-refractivity contribution in [2.24, 2.45) is 0 Å². The van der Waals surface area contributed by atoms with Gasteiger partial charge in [0.2, 0.25) is 0 Å². The molecule has 3 aromatic heterocycles. The lowest BCUT2D eigenvalue weighted by molar-refractivity contribution is 0.420. The summed E-state index contributed by atoms with van der Waals surface area (Å²) in [5.41, 5.74) is 5.20. The average Bonchev–Trinajstić information content (AvgIpc) is 3.19. The molecule has 0 atom stereocenters. The zero-order valence-corrected chi connectivity index (χ0v) is 14.1. The van der Waals surface area contributed by atoms with Gasteiger partial charge in [0.15, 0.2) is 0 Å². The maximum absolute atomic E-state index is 5.59. The van der Waals surface area contributed by atoms with Gasteiger partial charge in [-0.3, -0.25) is 4.40 Å². The first-order valence-corrected chi connectivity index (χ1v) is 8.49. The van der Waals surface area contributed by atoms with Gasteiger partial charge in [0, 0.05) is 28.7 Å². The molecule has 0 fully saturated rings. The Balaban J connectivity index is 2.02. The molecule has 0 unspecified atom stereocenters. The summed E-state index contributed by atoms with van der Waals surface area (Å²) >= 11 is 1.62. The van der Waals surface area contributed by atoms with Crippen molar-refractivity contribution < 1.29 is 4.74 Å². The molecular weight excluding hydrogens is 306 g/mol. The highest BCUT2D eigenvalue weighted by Crippen LogP contribution is 2.31. The summed E-state index contributed by atoms with van der Waals surface area (Å²) in [5.74, 6) is 0.857. The van der Waals surface area contributed by atoms with Gasteiger partial charge in [-0.25, -0.2) is 9.97 Å². The molecule has 3 heterocycles. The van der Waals surface area contributed by atoms with Crippen LogP contribution in [-0.4, -0.2) is 21.5 Å². The summed E-state index contributed by atoms with van der Waals surface area (Å²) < 4.78 is 7.70. The number of fused-ring (bicyclic) bond motifs is 3. The van der Waals surface area contributed by atoms with Gasteiger partial charge < -0.3 is 4.74 Å². The number of pyridine rings is 1. The molecule has 116 valence electrons. The number of rotatable bonds is 3. The Morgan fingerprint density at radius 1 is 1.22 bits per heavy atom. The summed E-state index contributed by atoms with van der Waals surface area (Å²) in [6.45, 7) is 4.16. The van der Waals surface area contributed by atoms with Crippen molar-refractivity contribution >= 4 is 27.9 Å². The summed E-state index contributed by atoms with van der Waals surface area (Å²) in [6.07, 6.45) is 3.06. The average molecular weight is 323 g/mol. The van der Waals surface area contributed by atoms with Crippen LogP contribution in [0.15, 0.2) is 35.8 Å². The van der Waals surface area contributed by atoms with Crippen LogP contribution in [0, 0.1) is 6.92 Å². The number of hydrogen-bond donors (Lipinski definition) is 0. The van der Waals surface area contributed by atoms with Crippen LogP contribution in [0.25, 0.3) is 27.3 Å². The number of benzene rings is 1. The van der Waals surface area contributed by atoms with E-state index >= 15 is 0 Å². The van der Waals surface area contributed by atoms with Crippen LogP contribution in [0.2, 0.25) is 0 Å². The summed E-state index contributed by atoms with van der Waals surface area (Å²) in [4.78, 5) is 9.27. The van der Waals surface area contributed by atoms with E-state index in [9.17, 15) is 0 Å². The molecule has 0 aliphatic heterocycles. The monoisotopic (exact) mass is 323 g/mol. The Kier molecular flexibility index (Phi) is 3.31. The number of hydrogen-bond acceptors (Lipinski definition) is 4. The fraction of sp³-hybridized carbons (Fsp3) is 0.222. The van der Waals surface area contributed by atoms with Gasteiger partial charge in [-0.1, -0.05) is 13.0 Å². The van der Waals surface area contributed by atoms with Gasteiger partial charge in [-0.15, -0.1) is 11.3 Å². The zero-order valence-electron chi connectivity index (χ0n) is 13.3. The molecule has 0 N–H and O–H groups in total. The molecule has 0 saturated carbocycles. The maximum atomic E-state index is 5.59. The summed E-state index contributed by atoms with van der Waals surface area (Å²) in [7, 11) is 1.71. The number of aryl methyl sites for hydroxylation is 2. The third kappa shape index (κ3) is 2.28. The number of aromatic nitrogens is 3. The largest absolute Gasteiger partial charge is 0.496 e. The third-order valence-electron chi connectivity index (χ3n) is 4.05. The molecule has 0 bridgehead atoms. The second-order valence-electron chi connectivity index (χ2n) is 5.57. The molecule has 1 aromatic carbocycles. The van der Waals surface area contributed by atoms with Crippen LogP contribution < -0.4 is 4.74 Å². The van der Waals surface area contributed by atoms with Gasteiger partial charge >= 0.3 is 0 Å². The number of ether oxygens (including phenoxy) is 1. The van der Waals surface area contributed by atoms with Crippen molar-refractivity contribution in [3.05, 3.63) is 47.1 Å². The molecule has 23 heavy (non-hydrogen) atoms. The van der Waals surface area contributed by atoms with Crippen LogP contribution in [0.3, 0.4) is 0 Å². The number of nitrogens with zero attached hydrogens (tertiary/aromatic N) is 3. The van der Waals surface area contributed by atoms with Crippen molar-refractivity contribution in [2.75, 3.05) is 7.11 Å². The Labute approximate surface area is 138 Å². The minimum absolute atomic E-state index is 0.857. The lowest BCUT2D eigenvalue weighted by Crippen LogP contribution is -1.93. The fourth-order valence-electron chi connectivity index (χ4n) is 2.84. The van der Waals surface area contributed by atoms with E-state index in [0.717, 1.165) is 45.1 Å². The third-order valence-corrected chi connectivity index (χ3v) is 5.03. The van der Waals surface area contributed by atoms with Gasteiger partial charge in [-0.05, 0) is 31.0 Å². The topological polar surface area (TPSA) is 39.4 Å². The van der Waals surface area contributed by atoms with Crippen LogP contribution in [0.5, 0.6) is 5.75 Å². The normalized spacial score (nSPS) is 11.4. The van der Waals surface area contributed by atoms with Crippen molar-refractivity contribution in [1.29, 1.82) is 0 Å². The first-order chi connectivity index (χ1) is 11.2.